The van der Waals surface area contributed by atoms with Crippen molar-refractivity contribution in [2.75, 3.05) is 19.7 Å². The zero-order valence-electron chi connectivity index (χ0n) is 6.92. The van der Waals surface area contributed by atoms with E-state index in [-0.39, 0.29) is 12.5 Å². The molecule has 3 nitrogen and oxygen atoms in total. The number of hydrogen-bond acceptors (Lipinski definition) is 2. The van der Waals surface area contributed by atoms with Crippen molar-refractivity contribution < 1.29 is 9.90 Å². The summed E-state index contributed by atoms with van der Waals surface area (Å²) in [4.78, 5) is 12.7. The molecule has 1 N–H and O–H groups in total. The molecule has 1 rings (SSSR count). The Kier molecular flexibility index (Phi) is 2.88. The molecule has 1 fully saturated rings. The first-order chi connectivity index (χ1) is 5.24. The van der Waals surface area contributed by atoms with E-state index in [0.29, 0.717) is 5.92 Å². The Hall–Kier alpha value is -0.570. The van der Waals surface area contributed by atoms with Crippen molar-refractivity contribution in [3.63, 3.8) is 0 Å². The Balaban J connectivity index is 2.29. The molecule has 1 heterocycles. The molecule has 1 saturated heterocycles. The smallest absolute Gasteiger partial charge is 0.219 e. The van der Waals surface area contributed by atoms with Crippen molar-refractivity contribution in [3.05, 3.63) is 0 Å². The Morgan fingerprint density at radius 1 is 1.73 bits per heavy atom. The number of rotatable bonds is 2. The van der Waals surface area contributed by atoms with Gasteiger partial charge in [0.15, 0.2) is 0 Å². The van der Waals surface area contributed by atoms with Crippen LogP contribution < -0.4 is 0 Å². The van der Waals surface area contributed by atoms with Crippen LogP contribution in [-0.2, 0) is 4.79 Å². The summed E-state index contributed by atoms with van der Waals surface area (Å²) < 4.78 is 0. The van der Waals surface area contributed by atoms with Crippen LogP contribution in [0.25, 0.3) is 0 Å². The largest absolute Gasteiger partial charge is 0.396 e. The van der Waals surface area contributed by atoms with Crippen LogP contribution in [0.5, 0.6) is 0 Å². The van der Waals surface area contributed by atoms with Crippen LogP contribution in [0.15, 0.2) is 0 Å². The molecule has 1 amide bonds. The van der Waals surface area contributed by atoms with E-state index in [9.17, 15) is 4.79 Å². The first-order valence-corrected chi connectivity index (χ1v) is 4.10. The molecule has 0 bridgehead atoms. The number of aliphatic hydroxyl groups is 1. The summed E-state index contributed by atoms with van der Waals surface area (Å²) in [6, 6.07) is 0. The van der Waals surface area contributed by atoms with Gasteiger partial charge in [-0.1, -0.05) is 0 Å². The fraction of sp³-hybridized carbons (Fsp3) is 0.875. The van der Waals surface area contributed by atoms with Crippen molar-refractivity contribution >= 4 is 5.91 Å². The summed E-state index contributed by atoms with van der Waals surface area (Å²) in [5.74, 6) is 0.689. The highest BCUT2D eigenvalue weighted by Gasteiger charge is 2.22. The lowest BCUT2D eigenvalue weighted by atomic mass is 10.1. The Bertz CT molecular complexity index is 147. The van der Waals surface area contributed by atoms with E-state index in [1.165, 1.54) is 0 Å². The van der Waals surface area contributed by atoms with Gasteiger partial charge in [0.25, 0.3) is 0 Å². The first-order valence-electron chi connectivity index (χ1n) is 4.10. The van der Waals surface area contributed by atoms with Crippen molar-refractivity contribution in [2.45, 2.75) is 19.8 Å². The van der Waals surface area contributed by atoms with Crippen LogP contribution >= 0.6 is 0 Å². The topological polar surface area (TPSA) is 40.5 Å². The van der Waals surface area contributed by atoms with Gasteiger partial charge in [-0.2, -0.15) is 0 Å². The molecule has 0 aliphatic carbocycles. The quantitative estimate of drug-likeness (QED) is 0.623. The predicted molar refractivity (Wildman–Crippen MR) is 42.1 cm³/mol. The molecule has 64 valence electrons. The second kappa shape index (κ2) is 3.72. The molecule has 0 saturated carbocycles. The number of amides is 1. The number of nitrogens with zero attached hydrogens (tertiary/aromatic N) is 1. The third kappa shape index (κ3) is 2.19. The molecule has 1 unspecified atom stereocenters. The average molecular weight is 157 g/mol. The number of likely N-dealkylation sites (tertiary alicyclic amines) is 1. The molecule has 0 aromatic carbocycles. The molecule has 0 aromatic rings. The molecule has 11 heavy (non-hydrogen) atoms. The fourth-order valence-corrected chi connectivity index (χ4v) is 1.54. The second-order valence-electron chi connectivity index (χ2n) is 3.13. The Morgan fingerprint density at radius 2 is 2.45 bits per heavy atom. The second-order valence-corrected chi connectivity index (χ2v) is 3.13. The first kappa shape index (κ1) is 8.53. The predicted octanol–water partition coefficient (Wildman–Crippen LogP) is 0.237. The van der Waals surface area contributed by atoms with E-state index < -0.39 is 0 Å². The highest BCUT2D eigenvalue weighted by atomic mass is 16.3. The van der Waals surface area contributed by atoms with E-state index in [2.05, 4.69) is 0 Å². The van der Waals surface area contributed by atoms with E-state index in [1.807, 2.05) is 4.90 Å². The fourth-order valence-electron chi connectivity index (χ4n) is 1.54. The van der Waals surface area contributed by atoms with Gasteiger partial charge in [0.05, 0.1) is 0 Å². The standard InChI is InChI=1S/C8H15NO2/c1-7(11)9-4-2-8(6-9)3-5-10/h8,10H,2-6H2,1H3. The lowest BCUT2D eigenvalue weighted by Gasteiger charge is -2.12. The van der Waals surface area contributed by atoms with Crippen LogP contribution in [0.2, 0.25) is 0 Å². The van der Waals surface area contributed by atoms with Crippen molar-refractivity contribution in [3.8, 4) is 0 Å². The lowest BCUT2D eigenvalue weighted by molar-refractivity contribution is -0.127. The molecule has 1 atom stereocenters. The molecule has 0 radical (unpaired) electrons. The molecule has 0 spiro atoms. The van der Waals surface area contributed by atoms with E-state index in [1.54, 1.807) is 6.92 Å². The summed E-state index contributed by atoms with van der Waals surface area (Å²) >= 11 is 0. The number of aliphatic hydroxyl groups excluding tert-OH is 1. The van der Waals surface area contributed by atoms with Crippen LogP contribution in [-0.4, -0.2) is 35.6 Å². The zero-order chi connectivity index (χ0) is 8.27. The van der Waals surface area contributed by atoms with Gasteiger partial charge in [-0.3, -0.25) is 4.79 Å². The minimum Gasteiger partial charge on any atom is -0.396 e. The molecule has 3 heteroatoms. The molecule has 1 aliphatic heterocycles. The highest BCUT2D eigenvalue weighted by molar-refractivity contribution is 5.73. The van der Waals surface area contributed by atoms with Gasteiger partial charge in [0, 0.05) is 26.6 Å². The van der Waals surface area contributed by atoms with Gasteiger partial charge >= 0.3 is 0 Å². The molecule has 0 aromatic heterocycles. The summed E-state index contributed by atoms with van der Waals surface area (Å²) in [6.07, 6.45) is 1.89. The summed E-state index contributed by atoms with van der Waals surface area (Å²) in [6.45, 7) is 3.56. The van der Waals surface area contributed by atoms with Gasteiger partial charge in [-0.25, -0.2) is 0 Å². The SMILES string of the molecule is CC(=O)N1CCC(CCO)C1. The number of hydrogen-bond donors (Lipinski definition) is 1. The Labute approximate surface area is 67.0 Å². The maximum absolute atomic E-state index is 10.9. The van der Waals surface area contributed by atoms with Crippen LogP contribution in [0.4, 0.5) is 0 Å². The third-order valence-electron chi connectivity index (χ3n) is 2.27. The van der Waals surface area contributed by atoms with Crippen molar-refractivity contribution in [1.29, 1.82) is 0 Å². The van der Waals surface area contributed by atoms with Gasteiger partial charge in [0.2, 0.25) is 5.91 Å². The van der Waals surface area contributed by atoms with Gasteiger partial charge in [-0.15, -0.1) is 0 Å². The van der Waals surface area contributed by atoms with Gasteiger partial charge in [0.1, 0.15) is 0 Å². The number of carbonyl (C=O) groups excluding carboxylic acids is 1. The van der Waals surface area contributed by atoms with Crippen LogP contribution in [0, 0.1) is 5.92 Å². The molecular weight excluding hydrogens is 142 g/mol. The van der Waals surface area contributed by atoms with Gasteiger partial charge in [-0.05, 0) is 18.8 Å². The number of carbonyl (C=O) groups is 1. The minimum atomic E-state index is 0.158. The van der Waals surface area contributed by atoms with Crippen LogP contribution in [0.3, 0.4) is 0 Å². The maximum atomic E-state index is 10.9. The zero-order valence-corrected chi connectivity index (χ0v) is 6.92. The average Bonchev–Trinajstić information content (AvgIpc) is 2.37. The highest BCUT2D eigenvalue weighted by Crippen LogP contribution is 2.18. The van der Waals surface area contributed by atoms with Crippen molar-refractivity contribution in [1.82, 2.24) is 4.90 Å². The van der Waals surface area contributed by atoms with E-state index >= 15 is 0 Å². The summed E-state index contributed by atoms with van der Waals surface area (Å²) in [5, 5.41) is 8.65. The minimum absolute atomic E-state index is 0.158. The van der Waals surface area contributed by atoms with E-state index in [0.717, 1.165) is 25.9 Å². The molecule has 1 aliphatic rings. The summed E-state index contributed by atoms with van der Waals surface area (Å²) in [7, 11) is 0. The Morgan fingerprint density at radius 3 is 2.91 bits per heavy atom. The third-order valence-corrected chi connectivity index (χ3v) is 2.27. The maximum Gasteiger partial charge on any atom is 0.219 e. The van der Waals surface area contributed by atoms with Gasteiger partial charge < -0.3 is 10.0 Å². The summed E-state index contributed by atoms with van der Waals surface area (Å²) in [5.41, 5.74) is 0. The normalized spacial score (nSPS) is 24.2. The lowest BCUT2D eigenvalue weighted by Crippen LogP contribution is -2.25. The monoisotopic (exact) mass is 157 g/mol. The van der Waals surface area contributed by atoms with E-state index in [4.69, 9.17) is 5.11 Å². The van der Waals surface area contributed by atoms with Crippen molar-refractivity contribution in [2.24, 2.45) is 5.92 Å². The molecular formula is C8H15NO2. The van der Waals surface area contributed by atoms with Crippen LogP contribution in [0.1, 0.15) is 19.8 Å².